The fourth-order valence-electron chi connectivity index (χ4n) is 2.70. The van der Waals surface area contributed by atoms with Crippen LogP contribution in [0.1, 0.15) is 31.7 Å². The number of anilines is 3. The number of nitrogens with two attached hydrogens (primary N) is 1. The van der Waals surface area contributed by atoms with E-state index in [4.69, 9.17) is 5.73 Å². The Kier molecular flexibility index (Phi) is 2.65. The van der Waals surface area contributed by atoms with Gasteiger partial charge in [-0.3, -0.25) is 4.79 Å². The van der Waals surface area contributed by atoms with Crippen molar-refractivity contribution >= 4 is 23.0 Å². The molecule has 96 valence electrons. The third-order valence-electron chi connectivity index (χ3n) is 3.79. The number of benzene rings is 1. The molecule has 1 amide bonds. The highest BCUT2D eigenvalue weighted by molar-refractivity contribution is 5.95. The number of nitrogens with one attached hydrogen (secondary N) is 1. The summed E-state index contributed by atoms with van der Waals surface area (Å²) in [4.78, 5) is 13.8. The Bertz CT molecular complexity index is 494. The molecule has 1 aromatic rings. The SMILES string of the molecule is CCN(c1cc2c(cc1N)CCC(=O)N2)C1CC1. The van der Waals surface area contributed by atoms with Crippen LogP contribution in [0.5, 0.6) is 0 Å². The number of nitrogen functional groups attached to an aromatic ring is 1. The first-order valence-corrected chi connectivity index (χ1v) is 6.68. The lowest BCUT2D eigenvalue weighted by Gasteiger charge is -2.27. The Morgan fingerprint density at radius 1 is 1.39 bits per heavy atom. The zero-order chi connectivity index (χ0) is 12.7. The van der Waals surface area contributed by atoms with Gasteiger partial charge >= 0.3 is 0 Å². The molecule has 0 bridgehead atoms. The molecule has 0 unspecified atom stereocenters. The van der Waals surface area contributed by atoms with Crippen LogP contribution in [0, 0.1) is 0 Å². The molecule has 1 fully saturated rings. The molecule has 4 nitrogen and oxygen atoms in total. The van der Waals surface area contributed by atoms with E-state index in [0.717, 1.165) is 35.6 Å². The molecular formula is C14H19N3O. The van der Waals surface area contributed by atoms with E-state index in [-0.39, 0.29) is 5.91 Å². The van der Waals surface area contributed by atoms with Gasteiger partial charge in [0.25, 0.3) is 0 Å². The molecule has 0 radical (unpaired) electrons. The summed E-state index contributed by atoms with van der Waals surface area (Å²) >= 11 is 0. The van der Waals surface area contributed by atoms with Gasteiger partial charge in [0.1, 0.15) is 0 Å². The van der Waals surface area contributed by atoms with Gasteiger partial charge < -0.3 is 16.0 Å². The first-order chi connectivity index (χ1) is 8.69. The summed E-state index contributed by atoms with van der Waals surface area (Å²) in [5.41, 5.74) is 10.2. The monoisotopic (exact) mass is 245 g/mol. The molecule has 1 aromatic carbocycles. The third-order valence-corrected chi connectivity index (χ3v) is 3.79. The minimum absolute atomic E-state index is 0.104. The lowest BCUT2D eigenvalue weighted by molar-refractivity contribution is -0.116. The van der Waals surface area contributed by atoms with Crippen LogP contribution in [0.2, 0.25) is 0 Å². The highest BCUT2D eigenvalue weighted by Crippen LogP contribution is 2.38. The van der Waals surface area contributed by atoms with Gasteiger partial charge in [0, 0.05) is 24.7 Å². The summed E-state index contributed by atoms with van der Waals surface area (Å²) in [7, 11) is 0. The van der Waals surface area contributed by atoms with Crippen LogP contribution in [0.3, 0.4) is 0 Å². The molecule has 0 spiro atoms. The lowest BCUT2D eigenvalue weighted by atomic mass is 10.0. The number of hydrogen-bond acceptors (Lipinski definition) is 3. The quantitative estimate of drug-likeness (QED) is 0.802. The van der Waals surface area contributed by atoms with Crippen LogP contribution in [0.25, 0.3) is 0 Å². The molecule has 0 atom stereocenters. The Balaban J connectivity index is 1.99. The van der Waals surface area contributed by atoms with Crippen LogP contribution >= 0.6 is 0 Å². The zero-order valence-electron chi connectivity index (χ0n) is 10.7. The second-order valence-electron chi connectivity index (χ2n) is 5.13. The van der Waals surface area contributed by atoms with Gasteiger partial charge in [-0.05, 0) is 43.9 Å². The van der Waals surface area contributed by atoms with Gasteiger partial charge in [-0.2, -0.15) is 0 Å². The van der Waals surface area contributed by atoms with Gasteiger partial charge in [0.15, 0.2) is 0 Å². The minimum atomic E-state index is 0.104. The Morgan fingerprint density at radius 3 is 2.83 bits per heavy atom. The number of hydrogen-bond donors (Lipinski definition) is 2. The van der Waals surface area contributed by atoms with Crippen molar-refractivity contribution in [2.45, 2.75) is 38.6 Å². The van der Waals surface area contributed by atoms with Crippen molar-refractivity contribution in [3.05, 3.63) is 17.7 Å². The number of aryl methyl sites for hydroxylation is 1. The minimum Gasteiger partial charge on any atom is -0.397 e. The van der Waals surface area contributed by atoms with Crippen molar-refractivity contribution in [3.8, 4) is 0 Å². The summed E-state index contributed by atoms with van der Waals surface area (Å²) in [5, 5.41) is 2.94. The predicted molar refractivity (Wildman–Crippen MR) is 73.8 cm³/mol. The van der Waals surface area contributed by atoms with E-state index < -0.39 is 0 Å². The fourth-order valence-corrected chi connectivity index (χ4v) is 2.70. The molecule has 0 aromatic heterocycles. The van der Waals surface area contributed by atoms with Gasteiger partial charge in [0.2, 0.25) is 5.91 Å². The second kappa shape index (κ2) is 4.19. The molecule has 1 aliphatic carbocycles. The van der Waals surface area contributed by atoms with E-state index >= 15 is 0 Å². The Hall–Kier alpha value is -1.71. The van der Waals surface area contributed by atoms with E-state index in [9.17, 15) is 4.79 Å². The van der Waals surface area contributed by atoms with Gasteiger partial charge in [-0.15, -0.1) is 0 Å². The topological polar surface area (TPSA) is 58.4 Å². The van der Waals surface area contributed by atoms with Gasteiger partial charge in [-0.25, -0.2) is 0 Å². The summed E-state index contributed by atoms with van der Waals surface area (Å²) in [6, 6.07) is 4.70. The molecule has 18 heavy (non-hydrogen) atoms. The number of carbonyl (C=O) groups is 1. The Labute approximate surface area is 107 Å². The van der Waals surface area contributed by atoms with E-state index in [2.05, 4.69) is 17.1 Å². The summed E-state index contributed by atoms with van der Waals surface area (Å²) in [6.07, 6.45) is 3.85. The predicted octanol–water partition coefficient (Wildman–Crippen LogP) is 2.14. The largest absolute Gasteiger partial charge is 0.397 e. The molecule has 4 heteroatoms. The van der Waals surface area contributed by atoms with Crippen LogP contribution < -0.4 is 16.0 Å². The molecule has 3 N–H and O–H groups in total. The fraction of sp³-hybridized carbons (Fsp3) is 0.500. The Morgan fingerprint density at radius 2 is 2.17 bits per heavy atom. The lowest BCUT2D eigenvalue weighted by Crippen LogP contribution is -2.27. The molecular weight excluding hydrogens is 226 g/mol. The smallest absolute Gasteiger partial charge is 0.224 e. The number of amides is 1. The molecule has 1 saturated carbocycles. The second-order valence-corrected chi connectivity index (χ2v) is 5.13. The van der Waals surface area contributed by atoms with Gasteiger partial charge in [0.05, 0.1) is 11.4 Å². The van der Waals surface area contributed by atoms with Crippen LogP contribution in [-0.2, 0) is 11.2 Å². The molecule has 3 rings (SSSR count). The van der Waals surface area contributed by atoms with E-state index in [1.54, 1.807) is 0 Å². The maximum Gasteiger partial charge on any atom is 0.224 e. The van der Waals surface area contributed by atoms with E-state index in [0.29, 0.717) is 12.5 Å². The zero-order valence-corrected chi connectivity index (χ0v) is 10.7. The average molecular weight is 245 g/mol. The van der Waals surface area contributed by atoms with Crippen LogP contribution in [-0.4, -0.2) is 18.5 Å². The van der Waals surface area contributed by atoms with Crippen LogP contribution in [0.4, 0.5) is 17.1 Å². The molecule has 2 aliphatic rings. The molecule has 0 saturated heterocycles. The first-order valence-electron chi connectivity index (χ1n) is 6.68. The van der Waals surface area contributed by atoms with E-state index in [1.165, 1.54) is 12.8 Å². The van der Waals surface area contributed by atoms with Gasteiger partial charge in [-0.1, -0.05) is 0 Å². The normalized spacial score (nSPS) is 18.2. The number of rotatable bonds is 3. The highest BCUT2D eigenvalue weighted by Gasteiger charge is 2.30. The van der Waals surface area contributed by atoms with Crippen molar-refractivity contribution in [2.75, 3.05) is 22.5 Å². The number of nitrogens with zero attached hydrogens (tertiary/aromatic N) is 1. The summed E-state index contributed by atoms with van der Waals surface area (Å²) < 4.78 is 0. The maximum atomic E-state index is 11.5. The van der Waals surface area contributed by atoms with Crippen molar-refractivity contribution < 1.29 is 4.79 Å². The first kappa shape index (κ1) is 11.4. The summed E-state index contributed by atoms with van der Waals surface area (Å²) in [5.74, 6) is 0.104. The third kappa shape index (κ3) is 1.92. The van der Waals surface area contributed by atoms with Crippen LogP contribution in [0.15, 0.2) is 12.1 Å². The number of carbonyl (C=O) groups excluding carboxylic acids is 1. The summed E-state index contributed by atoms with van der Waals surface area (Å²) in [6.45, 7) is 3.11. The van der Waals surface area contributed by atoms with Crippen molar-refractivity contribution in [1.82, 2.24) is 0 Å². The maximum absolute atomic E-state index is 11.5. The molecule has 1 heterocycles. The van der Waals surface area contributed by atoms with Crippen molar-refractivity contribution in [2.24, 2.45) is 0 Å². The van der Waals surface area contributed by atoms with Crippen molar-refractivity contribution in [1.29, 1.82) is 0 Å². The average Bonchev–Trinajstić information content (AvgIpc) is 3.16. The highest BCUT2D eigenvalue weighted by atomic mass is 16.1. The standard InChI is InChI=1S/C14H19N3O/c1-2-17(10-4-5-10)13-8-12-9(7-11(13)15)3-6-14(18)16-12/h7-8,10H,2-6,15H2,1H3,(H,16,18). The number of fused-ring (bicyclic) bond motifs is 1. The molecule has 1 aliphatic heterocycles. The van der Waals surface area contributed by atoms with E-state index in [1.807, 2.05) is 12.1 Å². The van der Waals surface area contributed by atoms with Crippen molar-refractivity contribution in [3.63, 3.8) is 0 Å².